The second kappa shape index (κ2) is 52.0. The smallest absolute Gasteiger partial charge is 0.308 e. The van der Waals surface area contributed by atoms with E-state index in [4.69, 9.17) is 52.1 Å². The van der Waals surface area contributed by atoms with Crippen molar-refractivity contribution in [3.8, 4) is 63.2 Å². The fourth-order valence-electron chi connectivity index (χ4n) is 17.5. The van der Waals surface area contributed by atoms with E-state index in [2.05, 4.69) is 42.8 Å². The number of fused-ring (bicyclic) bond motifs is 1. The number of carboxylic acids is 4. The molecule has 5 aliphatic rings. The van der Waals surface area contributed by atoms with Gasteiger partial charge in [0, 0.05) is 93.5 Å². The van der Waals surface area contributed by atoms with Crippen LogP contribution in [0, 0.1) is 23.7 Å². The molecule has 26 nitrogen and oxygen atoms in total. The molecule has 4 N–H and O–H groups in total. The van der Waals surface area contributed by atoms with Crippen molar-refractivity contribution in [3.63, 3.8) is 0 Å². The number of aliphatic carboxylic acids is 4. The summed E-state index contributed by atoms with van der Waals surface area (Å²) in [4.78, 5) is 72.1. The molecule has 4 fully saturated rings. The Morgan fingerprint density at radius 3 is 1.07 bits per heavy atom. The minimum Gasteiger partial charge on any atom is -0.497 e. The quantitative estimate of drug-likeness (QED) is 0.0285. The third-order valence-electron chi connectivity index (χ3n) is 24.0. The number of benzene rings is 8. The lowest BCUT2D eigenvalue weighted by molar-refractivity contribution is -0.870. The first-order valence-corrected chi connectivity index (χ1v) is 43.4. The number of para-hydroxylation sites is 5. The lowest BCUT2D eigenvalue weighted by Crippen LogP contribution is -2.46. The third kappa shape index (κ3) is 29.4. The van der Waals surface area contributed by atoms with Crippen molar-refractivity contribution >= 4 is 29.8 Å². The van der Waals surface area contributed by atoms with Crippen LogP contribution in [0.5, 0.6) is 63.2 Å². The van der Waals surface area contributed by atoms with Crippen LogP contribution in [0.2, 0.25) is 0 Å². The van der Waals surface area contributed by atoms with E-state index in [0.717, 1.165) is 126 Å². The average Bonchev–Trinajstić information content (AvgIpc) is 1.59. The maximum atomic E-state index is 13.9. The summed E-state index contributed by atoms with van der Waals surface area (Å²) in [5, 5.41) is 39.2. The highest BCUT2D eigenvalue weighted by Gasteiger charge is 2.50. The van der Waals surface area contributed by atoms with Crippen LogP contribution >= 0.6 is 0 Å². The number of carboxylic acid groups (broad SMARTS) is 4. The van der Waals surface area contributed by atoms with Crippen molar-refractivity contribution in [3.05, 3.63) is 222 Å². The van der Waals surface area contributed by atoms with Crippen molar-refractivity contribution in [2.24, 2.45) is 23.7 Å². The lowest BCUT2D eigenvalue weighted by Gasteiger charge is -2.30. The molecule has 4 saturated heterocycles. The van der Waals surface area contributed by atoms with Crippen molar-refractivity contribution in [2.75, 3.05) is 165 Å². The van der Waals surface area contributed by atoms with Gasteiger partial charge in [-0.1, -0.05) is 137 Å². The number of hydrogen-bond donors (Lipinski definition) is 4. The average molecular weight is 1740 g/mol. The van der Waals surface area contributed by atoms with E-state index in [9.17, 15) is 44.4 Å². The summed E-state index contributed by atoms with van der Waals surface area (Å²) >= 11 is 0. The summed E-state index contributed by atoms with van der Waals surface area (Å²) in [7, 11) is 25.5. The van der Waals surface area contributed by atoms with Gasteiger partial charge in [0.25, 0.3) is 0 Å². The Hall–Kier alpha value is -11.3. The molecule has 13 rings (SSSR count). The molecule has 0 spiro atoms. The van der Waals surface area contributed by atoms with Crippen LogP contribution in [0.4, 0.5) is 0 Å². The molecule has 0 bridgehead atoms. The highest BCUT2D eigenvalue weighted by Crippen LogP contribution is 2.48. The van der Waals surface area contributed by atoms with E-state index in [1.807, 2.05) is 252 Å². The van der Waals surface area contributed by atoms with Crippen molar-refractivity contribution < 1.29 is 101 Å². The molecule has 8 aromatic carbocycles. The third-order valence-corrected chi connectivity index (χ3v) is 24.0. The van der Waals surface area contributed by atoms with Gasteiger partial charge in [-0.15, -0.1) is 0 Å². The Balaban J connectivity index is 0.000000224. The summed E-state index contributed by atoms with van der Waals surface area (Å²) < 4.78 is 59.4. The van der Waals surface area contributed by atoms with Gasteiger partial charge < -0.3 is 96.6 Å². The fourth-order valence-corrected chi connectivity index (χ4v) is 17.5. The first-order chi connectivity index (χ1) is 60.6. The molecule has 5 aliphatic heterocycles. The second-order valence-electron chi connectivity index (χ2n) is 32.8. The number of likely N-dealkylation sites (N-methyl/N-ethyl adjacent to an activating group) is 3. The molecular weight excluding hydrogens is 1610 g/mol. The van der Waals surface area contributed by atoms with Crippen molar-refractivity contribution in [2.45, 2.75) is 120 Å². The molecular formula is C100H137N6O20+. The van der Waals surface area contributed by atoms with E-state index >= 15 is 0 Å². The number of ether oxygens (including phenoxy) is 11. The number of carbonyl (C=O) groups excluding carboxylic acids is 1. The monoisotopic (exact) mass is 1740 g/mol. The van der Waals surface area contributed by atoms with E-state index in [0.29, 0.717) is 54.8 Å². The largest absolute Gasteiger partial charge is 0.497 e. The summed E-state index contributed by atoms with van der Waals surface area (Å²) in [6, 6.07) is 63.2. The molecule has 0 radical (unpaired) electrons. The van der Waals surface area contributed by atoms with Gasteiger partial charge in [0.2, 0.25) is 18.4 Å². The number of likely N-dealkylation sites (tertiary alicyclic amines) is 4. The Labute approximate surface area is 746 Å². The van der Waals surface area contributed by atoms with Gasteiger partial charge in [-0.05, 0) is 173 Å². The predicted molar refractivity (Wildman–Crippen MR) is 490 cm³/mol. The number of unbranched alkanes of at least 4 members (excludes halogenated alkanes) is 1. The number of hydrogen-bond acceptors (Lipinski definition) is 20. The summed E-state index contributed by atoms with van der Waals surface area (Å²) in [6.45, 7) is 13.8. The Kier molecular flexibility index (Phi) is 42.0. The number of carbonyl (C=O) groups is 5. The first-order valence-electron chi connectivity index (χ1n) is 43.4. The SMILES string of the molecule is CCCCN(CCC[N+](C)(C)C)C(=O)CN1C[C@H](c2cc(OC)c3c(c2)OCO3)[C@@H](C(=O)O)[C@@H]1CCOc1ccccc1OC.CC[C@H]1[C@H](C(=O)O)[C@@H](c2ccc(OC)cc2)CN1C.CC[C@H]1[C@H](C(=O)O)[C@@H](c2ccc(OC)cc2)CN1C.CC[C@H]1[C@H](C(=O)O)[C@@H](c2ccc(OC)cc2)CN1C.COc1ccccc1.COc1ccccc1.COc1ccccc1. The molecule has 686 valence electrons. The maximum absolute atomic E-state index is 13.9. The molecule has 0 saturated carbocycles. The normalized spacial score (nSPS) is 21.0. The number of amides is 1. The highest BCUT2D eigenvalue weighted by atomic mass is 16.7. The minimum atomic E-state index is -0.917. The van der Waals surface area contributed by atoms with E-state index < -0.39 is 41.8 Å². The first kappa shape index (κ1) is 102. The van der Waals surface area contributed by atoms with Gasteiger partial charge in [0.15, 0.2) is 23.0 Å². The molecule has 126 heavy (non-hydrogen) atoms. The second-order valence-corrected chi connectivity index (χ2v) is 32.8. The van der Waals surface area contributed by atoms with Crippen LogP contribution < -0.4 is 52.1 Å². The maximum Gasteiger partial charge on any atom is 0.308 e. The van der Waals surface area contributed by atoms with Crippen LogP contribution in [0.1, 0.15) is 119 Å². The molecule has 0 aliphatic carbocycles. The fraction of sp³-hybridized carbons (Fsp3) is 0.470. The van der Waals surface area contributed by atoms with Crippen LogP contribution in [0.15, 0.2) is 200 Å². The zero-order valence-electron chi connectivity index (χ0n) is 77.0. The molecule has 12 atom stereocenters. The zero-order valence-corrected chi connectivity index (χ0v) is 77.0. The highest BCUT2D eigenvalue weighted by molar-refractivity contribution is 5.79. The van der Waals surface area contributed by atoms with Gasteiger partial charge in [-0.25, -0.2) is 0 Å². The Morgan fingerprint density at radius 1 is 0.397 bits per heavy atom. The molecule has 0 unspecified atom stereocenters. The minimum absolute atomic E-state index is 0.0218. The number of methoxy groups -OCH3 is 8. The Bertz CT molecular complexity index is 4230. The van der Waals surface area contributed by atoms with Gasteiger partial charge in [0.1, 0.15) is 34.5 Å². The van der Waals surface area contributed by atoms with Crippen molar-refractivity contribution in [1.82, 2.24) is 24.5 Å². The van der Waals surface area contributed by atoms with E-state index in [-0.39, 0.29) is 79.5 Å². The van der Waals surface area contributed by atoms with Gasteiger partial charge in [-0.3, -0.25) is 28.9 Å². The van der Waals surface area contributed by atoms with Gasteiger partial charge >= 0.3 is 23.9 Å². The van der Waals surface area contributed by atoms with Gasteiger partial charge in [-0.2, -0.15) is 0 Å². The number of rotatable bonds is 32. The van der Waals surface area contributed by atoms with E-state index in [1.165, 1.54) is 0 Å². The summed E-state index contributed by atoms with van der Waals surface area (Å²) in [5.41, 5.74) is 4.02. The molecule has 1 amide bonds. The summed E-state index contributed by atoms with van der Waals surface area (Å²) in [5.74, 6) is 2.86. The van der Waals surface area contributed by atoms with E-state index in [1.54, 1.807) is 56.9 Å². The lowest BCUT2D eigenvalue weighted by atomic mass is 9.84. The molecule has 26 heteroatoms. The van der Waals surface area contributed by atoms with Crippen molar-refractivity contribution in [1.29, 1.82) is 0 Å². The standard InChI is InChI=1S/C34H49N3O8.3C15H21NO3.3C7H8O/c1-7-8-15-35(16-11-17-37(2,3)4)31(38)22-36-21-25(24-19-29(42-6)33-30(20-24)44-23-45-33)32(34(39)40)26(36)14-18-43-28-13-10-9-12-27(28)41-5;3*1-4-13-14(15(17)18)12(9-16(13)2)10-5-7-11(19-3)8-6-10;3*1-8-7-5-3-2-4-6-7/h9-10,12-13,19-20,25-26,32H,7-8,11,14-18,21-23H2,1-6H3;3*5-8,12-14H,4,9H2,1-3H3,(H,17,18);3*2-6H,1H3/p+1/t25-,26+,32-;3*12-,13+,14-;;;/m1111.../s1. The van der Waals surface area contributed by atoms with Crippen LogP contribution in [0.25, 0.3) is 0 Å². The number of quaternary nitrogens is 1. The summed E-state index contributed by atoms with van der Waals surface area (Å²) in [6.07, 6.45) is 5.80. The Morgan fingerprint density at radius 2 is 0.738 bits per heavy atom. The topological polar surface area (TPSA) is 284 Å². The molecule has 5 heterocycles. The van der Waals surface area contributed by atoms with Gasteiger partial charge in [0.05, 0.1) is 121 Å². The zero-order chi connectivity index (χ0) is 92.0. The number of nitrogens with zero attached hydrogens (tertiary/aromatic N) is 6. The van der Waals surface area contributed by atoms with Crippen LogP contribution in [-0.4, -0.2) is 268 Å². The molecule has 8 aromatic rings. The van der Waals surface area contributed by atoms with Crippen LogP contribution in [0.3, 0.4) is 0 Å². The molecule has 0 aromatic heterocycles. The van der Waals surface area contributed by atoms with Crippen LogP contribution in [-0.2, 0) is 24.0 Å². The predicted octanol–water partition coefficient (Wildman–Crippen LogP) is 15.8.